The zero-order valence-electron chi connectivity index (χ0n) is 17.9. The van der Waals surface area contributed by atoms with E-state index < -0.39 is 11.7 Å². The Morgan fingerprint density at radius 2 is 1.97 bits per heavy atom. The molecular formula is C22H28FN5O3. The minimum absolute atomic E-state index is 0.0697. The van der Waals surface area contributed by atoms with Crippen LogP contribution < -0.4 is 5.32 Å². The molecule has 9 heteroatoms. The number of halogens is 1. The highest BCUT2D eigenvalue weighted by atomic mass is 19.1. The summed E-state index contributed by atoms with van der Waals surface area (Å²) in [5.74, 6) is 0.487. The smallest absolute Gasteiger partial charge is 0.317 e. The monoisotopic (exact) mass is 429 g/mol. The quantitative estimate of drug-likeness (QED) is 0.803. The number of benzene rings is 1. The maximum Gasteiger partial charge on any atom is 0.317 e. The number of hydrogen-bond donors (Lipinski definition) is 1. The Morgan fingerprint density at radius 1 is 1.26 bits per heavy atom. The van der Waals surface area contributed by atoms with E-state index in [9.17, 15) is 14.0 Å². The van der Waals surface area contributed by atoms with Crippen LogP contribution in [-0.2, 0) is 28.1 Å². The molecule has 1 atom stereocenters. The number of piperidine rings is 1. The summed E-state index contributed by atoms with van der Waals surface area (Å²) in [5, 5.41) is 2.93. The van der Waals surface area contributed by atoms with Crippen molar-refractivity contribution in [2.24, 2.45) is 0 Å². The van der Waals surface area contributed by atoms with Crippen LogP contribution in [0.25, 0.3) is 0 Å². The maximum atomic E-state index is 13.0. The lowest BCUT2D eigenvalue weighted by atomic mass is 9.88. The van der Waals surface area contributed by atoms with Crippen molar-refractivity contribution in [3.63, 3.8) is 0 Å². The Morgan fingerprint density at radius 3 is 2.65 bits per heavy atom. The van der Waals surface area contributed by atoms with Crippen LogP contribution in [0.3, 0.4) is 0 Å². The average Bonchev–Trinajstić information content (AvgIpc) is 3.25. The van der Waals surface area contributed by atoms with Crippen LogP contribution in [0.1, 0.15) is 24.2 Å². The minimum Gasteiger partial charge on any atom is -0.352 e. The van der Waals surface area contributed by atoms with E-state index in [4.69, 9.17) is 4.74 Å². The molecule has 0 saturated carbocycles. The predicted molar refractivity (Wildman–Crippen MR) is 112 cm³/mol. The molecule has 1 saturated heterocycles. The number of nitrogens with zero attached hydrogens (tertiary/aromatic N) is 4. The largest absolute Gasteiger partial charge is 0.352 e. The van der Waals surface area contributed by atoms with Crippen LogP contribution in [0.2, 0.25) is 0 Å². The second kappa shape index (κ2) is 8.66. The number of carbonyl (C=O) groups is 2. The molecule has 3 heterocycles. The van der Waals surface area contributed by atoms with Gasteiger partial charge in [-0.1, -0.05) is 12.1 Å². The number of urea groups is 1. The van der Waals surface area contributed by atoms with E-state index in [1.54, 1.807) is 42.2 Å². The summed E-state index contributed by atoms with van der Waals surface area (Å²) in [4.78, 5) is 33.0. The van der Waals surface area contributed by atoms with E-state index >= 15 is 0 Å². The molecule has 1 N–H and O–H groups in total. The first-order chi connectivity index (χ1) is 14.9. The van der Waals surface area contributed by atoms with Crippen LogP contribution in [0.4, 0.5) is 9.18 Å². The summed E-state index contributed by atoms with van der Waals surface area (Å²) in [6, 6.07) is 6.16. The second-order valence-corrected chi connectivity index (χ2v) is 8.33. The van der Waals surface area contributed by atoms with Gasteiger partial charge in [-0.3, -0.25) is 4.79 Å². The first-order valence-electron chi connectivity index (χ1n) is 10.6. The summed E-state index contributed by atoms with van der Waals surface area (Å²) < 4.78 is 21.3. The molecule has 1 unspecified atom stereocenters. The van der Waals surface area contributed by atoms with Gasteiger partial charge in [0.1, 0.15) is 17.2 Å². The van der Waals surface area contributed by atoms with Gasteiger partial charge >= 0.3 is 6.03 Å². The fourth-order valence-corrected chi connectivity index (χ4v) is 4.30. The maximum absolute atomic E-state index is 13.0. The lowest BCUT2D eigenvalue weighted by Crippen LogP contribution is -2.55. The fourth-order valence-electron chi connectivity index (χ4n) is 4.30. The number of amides is 3. The highest BCUT2D eigenvalue weighted by molar-refractivity contribution is 5.80. The molecule has 166 valence electrons. The van der Waals surface area contributed by atoms with E-state index in [0.717, 1.165) is 11.4 Å². The Kier molecular flexibility index (Phi) is 5.95. The molecule has 4 rings (SSSR count). The van der Waals surface area contributed by atoms with Gasteiger partial charge in [-0.25, -0.2) is 14.2 Å². The zero-order chi connectivity index (χ0) is 22.0. The van der Waals surface area contributed by atoms with Crippen molar-refractivity contribution in [2.75, 3.05) is 33.7 Å². The van der Waals surface area contributed by atoms with Crippen LogP contribution in [-0.4, -0.2) is 71.1 Å². The summed E-state index contributed by atoms with van der Waals surface area (Å²) in [6.45, 7) is 1.95. The van der Waals surface area contributed by atoms with Crippen molar-refractivity contribution >= 4 is 11.9 Å². The van der Waals surface area contributed by atoms with Crippen molar-refractivity contribution in [3.05, 3.63) is 53.9 Å². The third-order valence-corrected chi connectivity index (χ3v) is 6.03. The Hall–Kier alpha value is -2.94. The minimum atomic E-state index is -0.664. The molecule has 0 aliphatic carbocycles. The number of likely N-dealkylation sites (tertiary alicyclic amines) is 1. The molecule has 1 spiro atoms. The van der Waals surface area contributed by atoms with Crippen molar-refractivity contribution in [1.82, 2.24) is 24.7 Å². The van der Waals surface area contributed by atoms with Gasteiger partial charge in [0.15, 0.2) is 6.10 Å². The molecule has 2 aliphatic heterocycles. The molecule has 2 aromatic rings. The summed E-state index contributed by atoms with van der Waals surface area (Å²) >= 11 is 0. The summed E-state index contributed by atoms with van der Waals surface area (Å²) in [6.07, 6.45) is 4.84. The number of carbonyl (C=O) groups excluding carboxylic acids is 2. The number of nitrogens with one attached hydrogen (secondary N) is 1. The van der Waals surface area contributed by atoms with E-state index in [2.05, 4.69) is 10.3 Å². The topological polar surface area (TPSA) is 79.7 Å². The molecule has 1 aromatic heterocycles. The lowest BCUT2D eigenvalue weighted by molar-refractivity contribution is -0.177. The Balaban J connectivity index is 1.35. The van der Waals surface area contributed by atoms with Crippen LogP contribution >= 0.6 is 0 Å². The van der Waals surface area contributed by atoms with Crippen molar-refractivity contribution in [1.29, 1.82) is 0 Å². The van der Waals surface area contributed by atoms with Gasteiger partial charge in [0, 0.05) is 59.0 Å². The van der Waals surface area contributed by atoms with Gasteiger partial charge in [0.25, 0.3) is 5.91 Å². The van der Waals surface area contributed by atoms with E-state index in [0.29, 0.717) is 45.4 Å². The van der Waals surface area contributed by atoms with Gasteiger partial charge < -0.3 is 24.4 Å². The second-order valence-electron chi connectivity index (χ2n) is 8.33. The Labute approximate surface area is 181 Å². The van der Waals surface area contributed by atoms with Crippen molar-refractivity contribution in [3.8, 4) is 0 Å². The number of hydrogen-bond acceptors (Lipinski definition) is 4. The van der Waals surface area contributed by atoms with Gasteiger partial charge in [-0.2, -0.15) is 0 Å². The van der Waals surface area contributed by atoms with E-state index in [-0.39, 0.29) is 17.8 Å². The first-order valence-corrected chi connectivity index (χ1v) is 10.6. The normalized spacial score (nSPS) is 19.7. The number of rotatable bonds is 4. The van der Waals surface area contributed by atoms with Gasteiger partial charge in [0.2, 0.25) is 0 Å². The Bertz CT molecular complexity index is 935. The number of aromatic nitrogens is 2. The van der Waals surface area contributed by atoms with Gasteiger partial charge in [0.05, 0.1) is 6.54 Å². The number of likely N-dealkylation sites (N-methyl/N-ethyl adjacent to an activating group) is 1. The van der Waals surface area contributed by atoms with Gasteiger partial charge in [-0.15, -0.1) is 0 Å². The van der Waals surface area contributed by atoms with Crippen LogP contribution in [0, 0.1) is 5.82 Å². The zero-order valence-corrected chi connectivity index (χ0v) is 17.9. The fraction of sp³-hybridized carbons (Fsp3) is 0.500. The molecule has 8 nitrogen and oxygen atoms in total. The molecular weight excluding hydrogens is 401 g/mol. The SMILES string of the molecule is CN(C)C(=O)C1Cn2ccnc2C2(CCN(C(=O)NCCc3ccc(F)cc3)CC2)O1. The summed E-state index contributed by atoms with van der Waals surface area (Å²) in [5.41, 5.74) is 0.307. The molecule has 2 aliphatic rings. The first kappa shape index (κ1) is 21.3. The number of fused-ring (bicyclic) bond motifs is 2. The highest BCUT2D eigenvalue weighted by Crippen LogP contribution is 2.40. The highest BCUT2D eigenvalue weighted by Gasteiger charge is 2.47. The summed E-state index contributed by atoms with van der Waals surface area (Å²) in [7, 11) is 3.45. The predicted octanol–water partition coefficient (Wildman–Crippen LogP) is 1.75. The molecule has 3 amide bonds. The van der Waals surface area contributed by atoms with E-state index in [1.165, 1.54) is 12.1 Å². The number of imidazole rings is 1. The van der Waals surface area contributed by atoms with Gasteiger partial charge in [-0.05, 0) is 24.1 Å². The molecule has 0 bridgehead atoms. The van der Waals surface area contributed by atoms with Crippen LogP contribution in [0.15, 0.2) is 36.7 Å². The molecule has 31 heavy (non-hydrogen) atoms. The van der Waals surface area contributed by atoms with Crippen molar-refractivity contribution in [2.45, 2.75) is 37.5 Å². The van der Waals surface area contributed by atoms with Crippen molar-refractivity contribution < 1.29 is 18.7 Å². The molecule has 1 aromatic carbocycles. The molecule has 1 fully saturated rings. The third-order valence-electron chi connectivity index (χ3n) is 6.03. The number of ether oxygens (including phenoxy) is 1. The average molecular weight is 429 g/mol. The lowest BCUT2D eigenvalue weighted by Gasteiger charge is -2.45. The van der Waals surface area contributed by atoms with E-state index in [1.807, 2.05) is 10.8 Å². The molecule has 0 radical (unpaired) electrons. The third kappa shape index (κ3) is 4.41. The standard InChI is InChI=1S/C22H28FN5O3/c1-26(2)19(29)18-15-28-14-11-24-20(28)22(31-18)8-12-27(13-9-22)21(30)25-10-7-16-3-5-17(23)6-4-16/h3-6,11,14,18H,7-10,12-13,15H2,1-2H3,(H,25,30). The van der Waals surface area contributed by atoms with Crippen LogP contribution in [0.5, 0.6) is 0 Å².